The normalized spacial score (nSPS) is 11.6. The van der Waals surface area contributed by atoms with Gasteiger partial charge >= 0.3 is 0 Å². The molecule has 0 radical (unpaired) electrons. The molecule has 0 unspecified atom stereocenters. The molecule has 0 aromatic heterocycles. The molecule has 4 N–H and O–H groups in total. The first-order chi connectivity index (χ1) is 8.97. The van der Waals surface area contributed by atoms with Crippen molar-refractivity contribution in [2.24, 2.45) is 0 Å². The lowest BCUT2D eigenvalue weighted by atomic mass is 10.2. The number of unbranched alkanes of at least 4 members (excludes halogenated alkanes) is 2. The summed E-state index contributed by atoms with van der Waals surface area (Å²) in [6.45, 7) is 1.05. The van der Waals surface area contributed by atoms with Crippen LogP contribution in [0.5, 0.6) is 5.75 Å². The second kappa shape index (κ2) is 7.32. The van der Waals surface area contributed by atoms with Crippen molar-refractivity contribution in [1.82, 2.24) is 4.72 Å². The number of phenolic OH excluding ortho intramolecular Hbond substituents is 1. The first-order valence-corrected chi connectivity index (χ1v) is 7.53. The molecule has 0 saturated heterocycles. The number of ether oxygens (including phenoxy) is 1. The number of aromatic hydroxyl groups is 1. The van der Waals surface area contributed by atoms with E-state index in [4.69, 9.17) is 10.5 Å². The fourth-order valence-electron chi connectivity index (χ4n) is 1.54. The summed E-state index contributed by atoms with van der Waals surface area (Å²) in [5.41, 5.74) is 5.52. The molecule has 19 heavy (non-hydrogen) atoms. The minimum Gasteiger partial charge on any atom is -0.506 e. The quantitative estimate of drug-likeness (QED) is 0.377. The van der Waals surface area contributed by atoms with Crippen LogP contribution in [0.3, 0.4) is 0 Å². The molecule has 0 saturated carbocycles. The first kappa shape index (κ1) is 15.7. The van der Waals surface area contributed by atoms with Gasteiger partial charge in [-0.2, -0.15) is 0 Å². The molecule has 1 aromatic carbocycles. The Morgan fingerprint density at radius 1 is 1.32 bits per heavy atom. The van der Waals surface area contributed by atoms with Crippen LogP contribution in [0.1, 0.15) is 19.3 Å². The van der Waals surface area contributed by atoms with E-state index >= 15 is 0 Å². The molecule has 0 fully saturated rings. The van der Waals surface area contributed by atoms with Crippen LogP contribution < -0.4 is 10.5 Å². The van der Waals surface area contributed by atoms with Gasteiger partial charge in [-0.15, -0.1) is 0 Å². The Morgan fingerprint density at radius 2 is 2.05 bits per heavy atom. The second-order valence-electron chi connectivity index (χ2n) is 4.17. The van der Waals surface area contributed by atoms with E-state index in [1.165, 1.54) is 18.2 Å². The molecule has 6 nitrogen and oxygen atoms in total. The van der Waals surface area contributed by atoms with Crippen molar-refractivity contribution in [1.29, 1.82) is 0 Å². The zero-order chi connectivity index (χ0) is 14.3. The van der Waals surface area contributed by atoms with Gasteiger partial charge in [-0.1, -0.05) is 0 Å². The van der Waals surface area contributed by atoms with Gasteiger partial charge in [0.1, 0.15) is 5.75 Å². The minimum absolute atomic E-state index is 0.0444. The average Bonchev–Trinajstić information content (AvgIpc) is 2.36. The Morgan fingerprint density at radius 3 is 2.68 bits per heavy atom. The lowest BCUT2D eigenvalue weighted by Crippen LogP contribution is -2.24. The Labute approximate surface area is 113 Å². The Balaban J connectivity index is 2.49. The molecule has 1 rings (SSSR count). The number of benzene rings is 1. The van der Waals surface area contributed by atoms with E-state index in [9.17, 15) is 13.5 Å². The predicted octanol–water partition coefficient (Wildman–Crippen LogP) is 1.07. The SMILES string of the molecule is COCCCCCNS(=O)(=O)c1ccc(O)c(N)c1. The van der Waals surface area contributed by atoms with Gasteiger partial charge in [0.05, 0.1) is 10.6 Å². The minimum atomic E-state index is -3.56. The summed E-state index contributed by atoms with van der Waals surface area (Å²) in [4.78, 5) is 0.0553. The largest absolute Gasteiger partial charge is 0.506 e. The molecule has 0 aliphatic rings. The maximum absolute atomic E-state index is 11.9. The Hall–Kier alpha value is -1.31. The van der Waals surface area contributed by atoms with Crippen LogP contribution in [-0.4, -0.2) is 33.8 Å². The molecule has 1 aromatic rings. The molecule has 0 heterocycles. The predicted molar refractivity (Wildman–Crippen MR) is 73.4 cm³/mol. The van der Waals surface area contributed by atoms with Gasteiger partial charge in [0.25, 0.3) is 0 Å². The lowest BCUT2D eigenvalue weighted by molar-refractivity contribution is 0.192. The van der Waals surface area contributed by atoms with Gasteiger partial charge in [-0.3, -0.25) is 0 Å². The van der Waals surface area contributed by atoms with E-state index in [0.29, 0.717) is 13.2 Å². The van der Waals surface area contributed by atoms with Crippen LogP contribution in [-0.2, 0) is 14.8 Å². The lowest BCUT2D eigenvalue weighted by Gasteiger charge is -2.08. The van der Waals surface area contributed by atoms with Crippen LogP contribution in [0.15, 0.2) is 23.1 Å². The molecule has 0 amide bonds. The molecule has 0 bridgehead atoms. The first-order valence-electron chi connectivity index (χ1n) is 6.04. The van der Waals surface area contributed by atoms with E-state index in [0.717, 1.165) is 19.3 Å². The highest BCUT2D eigenvalue weighted by atomic mass is 32.2. The molecule has 0 atom stereocenters. The second-order valence-corrected chi connectivity index (χ2v) is 5.94. The summed E-state index contributed by atoms with van der Waals surface area (Å²) in [6.07, 6.45) is 2.55. The van der Waals surface area contributed by atoms with Gasteiger partial charge in [-0.05, 0) is 37.5 Å². The summed E-state index contributed by atoms with van der Waals surface area (Å²) in [5, 5.41) is 9.25. The number of hydrogen-bond acceptors (Lipinski definition) is 5. The highest BCUT2D eigenvalue weighted by molar-refractivity contribution is 7.89. The summed E-state index contributed by atoms with van der Waals surface area (Å²) >= 11 is 0. The van der Waals surface area contributed by atoms with E-state index in [1.54, 1.807) is 7.11 Å². The standard InChI is InChI=1S/C12H20N2O4S/c1-18-8-4-2-3-7-14-19(16,17)10-5-6-12(15)11(13)9-10/h5-6,9,14-15H,2-4,7-8,13H2,1H3. The molecule has 108 valence electrons. The van der Waals surface area contributed by atoms with Crippen molar-refractivity contribution < 1.29 is 18.3 Å². The van der Waals surface area contributed by atoms with Crippen molar-refractivity contribution >= 4 is 15.7 Å². The van der Waals surface area contributed by atoms with Crippen molar-refractivity contribution in [2.45, 2.75) is 24.2 Å². The van der Waals surface area contributed by atoms with Crippen LogP contribution in [0, 0.1) is 0 Å². The van der Waals surface area contributed by atoms with Crippen LogP contribution in [0.25, 0.3) is 0 Å². The smallest absolute Gasteiger partial charge is 0.240 e. The molecular formula is C12H20N2O4S. The third-order valence-corrected chi connectivity index (χ3v) is 4.09. The summed E-state index contributed by atoms with van der Waals surface area (Å²) in [5.74, 6) is -0.126. The molecular weight excluding hydrogens is 268 g/mol. The number of hydrogen-bond donors (Lipinski definition) is 3. The number of methoxy groups -OCH3 is 1. The Bertz CT molecular complexity index is 502. The van der Waals surface area contributed by atoms with Gasteiger partial charge in [0, 0.05) is 20.3 Å². The highest BCUT2D eigenvalue weighted by Gasteiger charge is 2.14. The van der Waals surface area contributed by atoms with Gasteiger partial charge in [0.2, 0.25) is 10.0 Å². The van der Waals surface area contributed by atoms with Crippen molar-refractivity contribution in [3.63, 3.8) is 0 Å². The Kier molecular flexibility index (Phi) is 6.07. The maximum Gasteiger partial charge on any atom is 0.240 e. The number of nitrogens with two attached hydrogens (primary N) is 1. The number of anilines is 1. The maximum atomic E-state index is 11.9. The van der Waals surface area contributed by atoms with Gasteiger partial charge in [-0.25, -0.2) is 13.1 Å². The monoisotopic (exact) mass is 288 g/mol. The summed E-state index contributed by atoms with van der Waals surface area (Å²) in [6, 6.07) is 3.82. The third-order valence-electron chi connectivity index (χ3n) is 2.63. The number of phenols is 1. The summed E-state index contributed by atoms with van der Waals surface area (Å²) in [7, 11) is -1.93. The number of nitrogen functional groups attached to an aromatic ring is 1. The van der Waals surface area contributed by atoms with Gasteiger partial charge in [0.15, 0.2) is 0 Å². The van der Waals surface area contributed by atoms with Crippen LogP contribution >= 0.6 is 0 Å². The van der Waals surface area contributed by atoms with Gasteiger partial charge < -0.3 is 15.6 Å². The number of nitrogens with one attached hydrogen (secondary N) is 1. The summed E-state index contributed by atoms with van der Waals surface area (Å²) < 4.78 is 31.2. The van der Waals surface area contributed by atoms with E-state index in [-0.39, 0.29) is 16.3 Å². The van der Waals surface area contributed by atoms with Crippen LogP contribution in [0.2, 0.25) is 0 Å². The van der Waals surface area contributed by atoms with E-state index < -0.39 is 10.0 Å². The van der Waals surface area contributed by atoms with E-state index in [2.05, 4.69) is 4.72 Å². The zero-order valence-corrected chi connectivity index (χ0v) is 11.7. The fraction of sp³-hybridized carbons (Fsp3) is 0.500. The molecule has 7 heteroatoms. The third kappa shape index (κ3) is 5.06. The number of sulfonamides is 1. The number of rotatable bonds is 8. The zero-order valence-electron chi connectivity index (χ0n) is 10.9. The van der Waals surface area contributed by atoms with Crippen LogP contribution in [0.4, 0.5) is 5.69 Å². The van der Waals surface area contributed by atoms with Crippen molar-refractivity contribution in [3.05, 3.63) is 18.2 Å². The molecule has 0 aliphatic heterocycles. The molecule has 0 aliphatic carbocycles. The van der Waals surface area contributed by atoms with E-state index in [1.807, 2.05) is 0 Å². The highest BCUT2D eigenvalue weighted by Crippen LogP contribution is 2.22. The topological polar surface area (TPSA) is 102 Å². The fourth-order valence-corrected chi connectivity index (χ4v) is 2.65. The molecule has 0 spiro atoms. The van der Waals surface area contributed by atoms with Crippen molar-refractivity contribution in [2.75, 3.05) is 26.0 Å². The van der Waals surface area contributed by atoms with Crippen molar-refractivity contribution in [3.8, 4) is 5.75 Å². The average molecular weight is 288 g/mol.